The Kier molecular flexibility index (Phi) is 5.40. The van der Waals surface area contributed by atoms with Crippen molar-refractivity contribution in [3.8, 4) is 0 Å². The van der Waals surface area contributed by atoms with Gasteiger partial charge in [0.15, 0.2) is 9.84 Å². The molecule has 1 N–H and O–H groups in total. The molecular weight excluding hydrogens is 302 g/mol. The van der Waals surface area contributed by atoms with Gasteiger partial charge >= 0.3 is 0 Å². The number of hydrogen-bond donors (Lipinski definition) is 1. The number of morpholine rings is 1. The van der Waals surface area contributed by atoms with E-state index in [1.165, 1.54) is 12.1 Å². The zero-order valence-corrected chi connectivity index (χ0v) is 12.6. The second kappa shape index (κ2) is 6.87. The first kappa shape index (κ1) is 15.7. The third kappa shape index (κ3) is 4.17. The van der Waals surface area contributed by atoms with Crippen molar-refractivity contribution in [2.75, 3.05) is 38.6 Å². The van der Waals surface area contributed by atoms with E-state index in [4.69, 9.17) is 21.4 Å². The van der Waals surface area contributed by atoms with Gasteiger partial charge in [0.1, 0.15) is 0 Å². The molecule has 7 heteroatoms. The van der Waals surface area contributed by atoms with E-state index >= 15 is 0 Å². The van der Waals surface area contributed by atoms with Crippen LogP contribution in [-0.2, 0) is 14.6 Å². The summed E-state index contributed by atoms with van der Waals surface area (Å²) in [6, 6.07) is 6.19. The summed E-state index contributed by atoms with van der Waals surface area (Å²) in [4.78, 5) is 2.28. The lowest BCUT2D eigenvalue weighted by atomic mass is 10.3. The number of sulfone groups is 1. The van der Waals surface area contributed by atoms with E-state index in [-0.39, 0.29) is 23.4 Å². The third-order valence-electron chi connectivity index (χ3n) is 3.28. The molecule has 0 saturated carbocycles. The molecule has 1 aliphatic rings. The maximum atomic E-state index is 12.2. The molecule has 1 aromatic carbocycles. The highest BCUT2D eigenvalue weighted by Gasteiger charge is 2.22. The summed E-state index contributed by atoms with van der Waals surface area (Å²) < 4.78 is 29.7. The Balaban J connectivity index is 1.94. The van der Waals surface area contributed by atoms with E-state index < -0.39 is 9.84 Å². The van der Waals surface area contributed by atoms with Gasteiger partial charge in [-0.15, -0.1) is 0 Å². The average molecular weight is 320 g/mol. The standard InChI is InChI=1S/C13H18ClNO4S/c14-11-1-3-13(4-2-11)20(17,18)8-6-15-5-7-19-12(9-15)10-16/h1-4,12,16H,5-10H2. The Morgan fingerprint density at radius 2 is 2.05 bits per heavy atom. The zero-order valence-electron chi connectivity index (χ0n) is 11.0. The largest absolute Gasteiger partial charge is 0.394 e. The number of nitrogens with zero attached hydrogens (tertiary/aromatic N) is 1. The number of aliphatic hydroxyl groups excluding tert-OH is 1. The van der Waals surface area contributed by atoms with Crippen LogP contribution in [0.15, 0.2) is 29.2 Å². The summed E-state index contributed by atoms with van der Waals surface area (Å²) >= 11 is 5.75. The van der Waals surface area contributed by atoms with E-state index in [9.17, 15) is 8.42 Å². The number of aliphatic hydroxyl groups is 1. The van der Waals surface area contributed by atoms with Crippen LogP contribution in [0.1, 0.15) is 0 Å². The Morgan fingerprint density at radius 1 is 1.35 bits per heavy atom. The summed E-state index contributed by atoms with van der Waals surface area (Å²) in [5.41, 5.74) is 0. The number of benzene rings is 1. The average Bonchev–Trinajstić information content (AvgIpc) is 2.46. The van der Waals surface area contributed by atoms with Crippen molar-refractivity contribution in [2.45, 2.75) is 11.0 Å². The molecule has 0 radical (unpaired) electrons. The van der Waals surface area contributed by atoms with E-state index in [0.717, 1.165) is 0 Å². The highest BCUT2D eigenvalue weighted by molar-refractivity contribution is 7.91. The Labute approximate surface area is 124 Å². The van der Waals surface area contributed by atoms with Crippen LogP contribution in [0.25, 0.3) is 0 Å². The number of rotatable bonds is 5. The molecule has 2 rings (SSSR count). The van der Waals surface area contributed by atoms with E-state index in [1.807, 2.05) is 4.90 Å². The fraction of sp³-hybridized carbons (Fsp3) is 0.538. The fourth-order valence-corrected chi connectivity index (χ4v) is 3.51. The molecule has 1 heterocycles. The lowest BCUT2D eigenvalue weighted by Gasteiger charge is -2.31. The maximum Gasteiger partial charge on any atom is 0.179 e. The normalized spacial score (nSPS) is 21.0. The van der Waals surface area contributed by atoms with Crippen LogP contribution in [0.4, 0.5) is 0 Å². The summed E-state index contributed by atoms with van der Waals surface area (Å²) in [6.45, 7) is 2.16. The molecule has 0 aromatic heterocycles. The molecule has 0 amide bonds. The molecule has 1 aromatic rings. The van der Waals surface area contributed by atoms with Crippen molar-refractivity contribution in [1.29, 1.82) is 0 Å². The van der Waals surface area contributed by atoms with E-state index in [2.05, 4.69) is 0 Å². The second-order valence-corrected chi connectivity index (χ2v) is 7.29. The fourth-order valence-electron chi connectivity index (χ4n) is 2.10. The highest BCUT2D eigenvalue weighted by atomic mass is 35.5. The lowest BCUT2D eigenvalue weighted by molar-refractivity contribution is -0.0510. The lowest BCUT2D eigenvalue weighted by Crippen LogP contribution is -2.45. The molecule has 1 atom stereocenters. The highest BCUT2D eigenvalue weighted by Crippen LogP contribution is 2.16. The van der Waals surface area contributed by atoms with E-state index in [0.29, 0.717) is 31.3 Å². The second-order valence-electron chi connectivity index (χ2n) is 4.75. The first-order chi connectivity index (χ1) is 9.51. The van der Waals surface area contributed by atoms with Gasteiger partial charge in [0.05, 0.1) is 30.0 Å². The SMILES string of the molecule is O=S(=O)(CCN1CCOC(CO)C1)c1ccc(Cl)cc1. The zero-order chi connectivity index (χ0) is 14.6. The van der Waals surface area contributed by atoms with Crippen LogP contribution in [0.5, 0.6) is 0 Å². The van der Waals surface area contributed by atoms with Gasteiger partial charge in [-0.3, -0.25) is 4.90 Å². The Hall–Kier alpha value is -0.660. The summed E-state index contributed by atoms with van der Waals surface area (Å²) in [5.74, 6) is 0.0484. The molecule has 0 aliphatic carbocycles. The van der Waals surface area contributed by atoms with Crippen LogP contribution < -0.4 is 0 Å². The van der Waals surface area contributed by atoms with Gasteiger partial charge in [0.2, 0.25) is 0 Å². The maximum absolute atomic E-state index is 12.2. The minimum absolute atomic E-state index is 0.0412. The van der Waals surface area contributed by atoms with Gasteiger partial charge in [-0.05, 0) is 24.3 Å². The van der Waals surface area contributed by atoms with E-state index in [1.54, 1.807) is 12.1 Å². The van der Waals surface area contributed by atoms with Crippen LogP contribution in [0.2, 0.25) is 5.02 Å². The van der Waals surface area contributed by atoms with Gasteiger partial charge in [0.25, 0.3) is 0 Å². The molecule has 1 saturated heterocycles. The Bertz CT molecular complexity index is 532. The summed E-state index contributed by atoms with van der Waals surface area (Å²) in [5, 5.41) is 9.58. The minimum Gasteiger partial charge on any atom is -0.394 e. The summed E-state index contributed by atoms with van der Waals surface area (Å²) in [7, 11) is -3.30. The van der Waals surface area contributed by atoms with Crippen molar-refractivity contribution in [3.63, 3.8) is 0 Å². The van der Waals surface area contributed by atoms with Crippen LogP contribution >= 0.6 is 11.6 Å². The van der Waals surface area contributed by atoms with Crippen molar-refractivity contribution in [1.82, 2.24) is 4.90 Å². The monoisotopic (exact) mass is 319 g/mol. The van der Waals surface area contributed by atoms with Crippen molar-refractivity contribution in [3.05, 3.63) is 29.3 Å². The first-order valence-corrected chi connectivity index (χ1v) is 8.47. The smallest absolute Gasteiger partial charge is 0.179 e. The quantitative estimate of drug-likeness (QED) is 0.870. The first-order valence-electron chi connectivity index (χ1n) is 6.44. The van der Waals surface area contributed by atoms with Crippen LogP contribution in [-0.4, -0.2) is 63.1 Å². The van der Waals surface area contributed by atoms with Gasteiger partial charge in [-0.1, -0.05) is 11.6 Å². The molecular formula is C13H18ClNO4S. The van der Waals surface area contributed by atoms with Crippen LogP contribution in [0, 0.1) is 0 Å². The van der Waals surface area contributed by atoms with Gasteiger partial charge in [0, 0.05) is 24.7 Å². The van der Waals surface area contributed by atoms with Crippen molar-refractivity contribution in [2.24, 2.45) is 0 Å². The van der Waals surface area contributed by atoms with Gasteiger partial charge in [-0.25, -0.2) is 8.42 Å². The predicted octanol–water partition coefficient (Wildman–Crippen LogP) is 0.807. The van der Waals surface area contributed by atoms with Gasteiger partial charge in [-0.2, -0.15) is 0 Å². The number of halogens is 1. The minimum atomic E-state index is -3.30. The number of hydrogen-bond acceptors (Lipinski definition) is 5. The Morgan fingerprint density at radius 3 is 2.70 bits per heavy atom. The molecule has 1 unspecified atom stereocenters. The van der Waals surface area contributed by atoms with Crippen LogP contribution in [0.3, 0.4) is 0 Å². The number of ether oxygens (including phenoxy) is 1. The molecule has 1 aliphatic heterocycles. The molecule has 1 fully saturated rings. The van der Waals surface area contributed by atoms with Gasteiger partial charge < -0.3 is 9.84 Å². The summed E-state index contributed by atoms with van der Waals surface area (Å²) in [6.07, 6.45) is -0.220. The molecule has 0 spiro atoms. The molecule has 112 valence electrons. The molecule has 0 bridgehead atoms. The van der Waals surface area contributed by atoms with Crippen molar-refractivity contribution < 1.29 is 18.3 Å². The molecule has 20 heavy (non-hydrogen) atoms. The predicted molar refractivity (Wildman–Crippen MR) is 76.8 cm³/mol. The topological polar surface area (TPSA) is 66.8 Å². The van der Waals surface area contributed by atoms with Crippen molar-refractivity contribution >= 4 is 21.4 Å². The third-order valence-corrected chi connectivity index (χ3v) is 5.24. The molecule has 5 nitrogen and oxygen atoms in total.